The van der Waals surface area contributed by atoms with Crippen molar-refractivity contribution >= 4 is 23.7 Å². The van der Waals surface area contributed by atoms with Gasteiger partial charge >= 0.3 is 5.69 Å². The van der Waals surface area contributed by atoms with Gasteiger partial charge in [-0.1, -0.05) is 11.6 Å². The van der Waals surface area contributed by atoms with E-state index in [4.69, 9.17) is 16.3 Å². The highest BCUT2D eigenvalue weighted by Gasteiger charge is 2.08. The molecule has 0 radical (unpaired) electrons. The van der Waals surface area contributed by atoms with Crippen LogP contribution in [0.2, 0.25) is 5.02 Å². The van der Waals surface area contributed by atoms with Crippen LogP contribution >= 0.6 is 11.6 Å². The number of carbonyl (C=O) groups excluding carboxylic acids is 1. The number of H-pyrrole nitrogens is 2. The second kappa shape index (κ2) is 9.00. The molecule has 2 rings (SSSR count). The Morgan fingerprint density at radius 2 is 2.12 bits per heavy atom. The first-order valence-electron chi connectivity index (χ1n) is 7.97. The molecule has 0 aliphatic heterocycles. The van der Waals surface area contributed by atoms with Crippen molar-refractivity contribution in [2.45, 2.75) is 26.7 Å². The number of carbonyl (C=O) groups is 1. The number of aromatic nitrogens is 2. The van der Waals surface area contributed by atoms with Gasteiger partial charge < -0.3 is 9.72 Å². The predicted octanol–water partition coefficient (Wildman–Crippen LogP) is 1.51. The van der Waals surface area contributed by atoms with Gasteiger partial charge in [0.25, 0.3) is 5.56 Å². The number of rotatable bonds is 7. The number of nitrogens with one attached hydrogen (secondary N) is 3. The average molecular weight is 379 g/mol. The first kappa shape index (κ1) is 19.5. The van der Waals surface area contributed by atoms with Crippen LogP contribution in [-0.4, -0.2) is 28.7 Å². The maximum atomic E-state index is 11.8. The van der Waals surface area contributed by atoms with E-state index in [2.05, 4.69) is 20.5 Å². The summed E-state index contributed by atoms with van der Waals surface area (Å²) in [6, 6.07) is 5.15. The molecule has 0 fully saturated rings. The number of halogens is 1. The van der Waals surface area contributed by atoms with Crippen LogP contribution in [0.4, 0.5) is 0 Å². The van der Waals surface area contributed by atoms with Crippen LogP contribution in [-0.2, 0) is 11.2 Å². The van der Waals surface area contributed by atoms with Crippen LogP contribution in [0.25, 0.3) is 0 Å². The molecule has 0 unspecified atom stereocenters. The highest BCUT2D eigenvalue weighted by atomic mass is 35.5. The van der Waals surface area contributed by atoms with Gasteiger partial charge in [0.2, 0.25) is 5.91 Å². The SMILES string of the molecule is CCOc1ccc(/C=N/NC(=O)CCc2c(C)[nH]c(=O)[nH]c2=O)cc1Cl. The fourth-order valence-electron chi connectivity index (χ4n) is 2.27. The summed E-state index contributed by atoms with van der Waals surface area (Å²) >= 11 is 6.08. The first-order valence-corrected chi connectivity index (χ1v) is 8.34. The minimum absolute atomic E-state index is 0.0529. The summed E-state index contributed by atoms with van der Waals surface area (Å²) in [5, 5.41) is 4.32. The number of hydrogen-bond donors (Lipinski definition) is 3. The summed E-state index contributed by atoms with van der Waals surface area (Å²) in [5.41, 5.74) is 2.83. The van der Waals surface area contributed by atoms with Crippen LogP contribution in [0.3, 0.4) is 0 Å². The molecule has 0 saturated carbocycles. The van der Waals surface area contributed by atoms with Crippen LogP contribution < -0.4 is 21.4 Å². The molecule has 1 amide bonds. The van der Waals surface area contributed by atoms with Crippen molar-refractivity contribution in [1.29, 1.82) is 0 Å². The normalized spacial score (nSPS) is 10.9. The molecule has 1 heterocycles. The third-order valence-electron chi connectivity index (χ3n) is 3.52. The van der Waals surface area contributed by atoms with Crippen LogP contribution in [0.15, 0.2) is 32.9 Å². The topological polar surface area (TPSA) is 116 Å². The molecule has 0 aliphatic carbocycles. The quantitative estimate of drug-likeness (QED) is 0.500. The lowest BCUT2D eigenvalue weighted by atomic mass is 10.1. The number of hydrogen-bond acceptors (Lipinski definition) is 5. The lowest BCUT2D eigenvalue weighted by Gasteiger charge is -2.05. The highest BCUT2D eigenvalue weighted by Crippen LogP contribution is 2.24. The second-order valence-electron chi connectivity index (χ2n) is 5.43. The molecule has 9 heteroatoms. The lowest BCUT2D eigenvalue weighted by Crippen LogP contribution is -2.28. The van der Waals surface area contributed by atoms with Crippen LogP contribution in [0, 0.1) is 6.92 Å². The van der Waals surface area contributed by atoms with Crippen molar-refractivity contribution < 1.29 is 9.53 Å². The maximum Gasteiger partial charge on any atom is 0.325 e. The number of benzene rings is 1. The molecule has 138 valence electrons. The number of amides is 1. The Bertz CT molecular complexity index is 933. The predicted molar refractivity (Wildman–Crippen MR) is 99.1 cm³/mol. The minimum atomic E-state index is -0.570. The van der Waals surface area contributed by atoms with E-state index in [0.29, 0.717) is 34.2 Å². The monoisotopic (exact) mass is 378 g/mol. The van der Waals surface area contributed by atoms with Gasteiger partial charge in [-0.25, -0.2) is 10.2 Å². The van der Waals surface area contributed by atoms with Gasteiger partial charge in [0.1, 0.15) is 5.75 Å². The van der Waals surface area contributed by atoms with Crippen molar-refractivity contribution in [3.63, 3.8) is 0 Å². The molecule has 26 heavy (non-hydrogen) atoms. The number of ether oxygens (including phenoxy) is 1. The second-order valence-corrected chi connectivity index (χ2v) is 5.84. The Morgan fingerprint density at radius 1 is 1.35 bits per heavy atom. The van der Waals surface area contributed by atoms with Gasteiger partial charge in [-0.3, -0.25) is 14.6 Å². The summed E-state index contributed by atoms with van der Waals surface area (Å²) in [5.74, 6) is 0.222. The maximum absolute atomic E-state index is 11.8. The standard InChI is InChI=1S/C17H19ClN4O4/c1-3-26-14-6-4-11(8-13(14)18)9-19-22-15(23)7-5-12-10(2)20-17(25)21-16(12)24/h4,6,8-9H,3,5,7H2,1-2H3,(H,22,23)(H2,20,21,24,25)/b19-9+. The smallest absolute Gasteiger partial charge is 0.325 e. The van der Waals surface area contributed by atoms with Crippen molar-refractivity contribution in [2.75, 3.05) is 6.61 Å². The van der Waals surface area contributed by atoms with Gasteiger partial charge in [0, 0.05) is 17.7 Å². The third kappa shape index (κ3) is 5.32. The number of hydrazone groups is 1. The van der Waals surface area contributed by atoms with E-state index in [1.807, 2.05) is 6.92 Å². The molecule has 0 spiro atoms. The summed E-state index contributed by atoms with van der Waals surface area (Å²) in [7, 11) is 0. The van der Waals surface area contributed by atoms with E-state index < -0.39 is 11.2 Å². The lowest BCUT2D eigenvalue weighted by molar-refractivity contribution is -0.121. The van der Waals surface area contributed by atoms with Crippen molar-refractivity contribution in [2.24, 2.45) is 5.10 Å². The molecular formula is C17H19ClN4O4. The van der Waals surface area contributed by atoms with E-state index in [1.54, 1.807) is 25.1 Å². The third-order valence-corrected chi connectivity index (χ3v) is 3.81. The van der Waals surface area contributed by atoms with Crippen molar-refractivity contribution in [3.05, 3.63) is 60.9 Å². The molecule has 0 saturated heterocycles. The number of nitrogens with zero attached hydrogens (tertiary/aromatic N) is 1. The first-order chi connectivity index (χ1) is 12.4. The van der Waals surface area contributed by atoms with E-state index >= 15 is 0 Å². The largest absolute Gasteiger partial charge is 0.492 e. The Labute approximate surface area is 154 Å². The molecule has 8 nitrogen and oxygen atoms in total. The van der Waals surface area contributed by atoms with E-state index in [9.17, 15) is 14.4 Å². The van der Waals surface area contributed by atoms with Crippen LogP contribution in [0.5, 0.6) is 5.75 Å². The molecule has 1 aromatic heterocycles. The summed E-state index contributed by atoms with van der Waals surface area (Å²) in [6.45, 7) is 3.99. The van der Waals surface area contributed by atoms with Crippen molar-refractivity contribution in [1.82, 2.24) is 15.4 Å². The average Bonchev–Trinajstić information content (AvgIpc) is 2.56. The van der Waals surface area contributed by atoms with E-state index in [1.165, 1.54) is 6.21 Å². The van der Waals surface area contributed by atoms with Gasteiger partial charge in [-0.2, -0.15) is 5.10 Å². The number of aromatic amines is 2. The number of aryl methyl sites for hydroxylation is 1. The zero-order valence-corrected chi connectivity index (χ0v) is 15.1. The summed E-state index contributed by atoms with van der Waals surface area (Å²) in [4.78, 5) is 39.3. The molecular weight excluding hydrogens is 360 g/mol. The van der Waals surface area contributed by atoms with Gasteiger partial charge in [0.15, 0.2) is 0 Å². The van der Waals surface area contributed by atoms with E-state index in [-0.39, 0.29) is 18.7 Å². The fraction of sp³-hybridized carbons (Fsp3) is 0.294. The summed E-state index contributed by atoms with van der Waals surface area (Å²) in [6.07, 6.45) is 1.70. The van der Waals surface area contributed by atoms with E-state index in [0.717, 1.165) is 0 Å². The Balaban J connectivity index is 1.91. The zero-order valence-electron chi connectivity index (χ0n) is 14.4. The fourth-order valence-corrected chi connectivity index (χ4v) is 2.51. The molecule has 1 aromatic carbocycles. The Kier molecular flexibility index (Phi) is 6.74. The molecule has 0 aliphatic rings. The highest BCUT2D eigenvalue weighted by molar-refractivity contribution is 6.32. The Morgan fingerprint density at radius 3 is 2.77 bits per heavy atom. The molecule has 0 atom stereocenters. The minimum Gasteiger partial charge on any atom is -0.492 e. The summed E-state index contributed by atoms with van der Waals surface area (Å²) < 4.78 is 5.34. The van der Waals surface area contributed by atoms with Crippen LogP contribution in [0.1, 0.15) is 30.2 Å². The Hall–Kier alpha value is -2.87. The van der Waals surface area contributed by atoms with Crippen molar-refractivity contribution in [3.8, 4) is 5.75 Å². The molecule has 0 bridgehead atoms. The zero-order chi connectivity index (χ0) is 19.1. The molecule has 3 N–H and O–H groups in total. The molecule has 2 aromatic rings. The van der Waals surface area contributed by atoms with Gasteiger partial charge in [-0.05, 0) is 44.0 Å². The van der Waals surface area contributed by atoms with Gasteiger partial charge in [-0.15, -0.1) is 0 Å². The van der Waals surface area contributed by atoms with Gasteiger partial charge in [0.05, 0.1) is 17.8 Å².